The Morgan fingerprint density at radius 3 is 3.26 bits per heavy atom. The van der Waals surface area contributed by atoms with Crippen molar-refractivity contribution in [2.45, 2.75) is 32.1 Å². The molecule has 0 radical (unpaired) electrons. The van der Waals surface area contributed by atoms with Gasteiger partial charge in [-0.1, -0.05) is 11.2 Å². The number of aryl methyl sites for hydroxylation is 1. The first-order valence-corrected chi connectivity index (χ1v) is 9.03. The molecular weight excluding hydrogens is 312 g/mol. The quantitative estimate of drug-likeness (QED) is 0.774. The number of carbonyl (C=O) groups is 1. The lowest BCUT2D eigenvalue weighted by molar-refractivity contribution is -0.121. The number of rotatable bonds is 8. The first-order chi connectivity index (χ1) is 11.3. The maximum absolute atomic E-state index is 11.8. The van der Waals surface area contributed by atoms with Gasteiger partial charge in [-0.25, -0.2) is 0 Å². The van der Waals surface area contributed by atoms with Gasteiger partial charge in [-0.3, -0.25) is 4.79 Å². The number of aromatic nitrogens is 2. The van der Waals surface area contributed by atoms with Gasteiger partial charge in [0.1, 0.15) is 0 Å². The molecule has 0 bridgehead atoms. The van der Waals surface area contributed by atoms with Gasteiger partial charge in [-0.2, -0.15) is 4.98 Å². The van der Waals surface area contributed by atoms with Gasteiger partial charge in [0.15, 0.2) is 0 Å². The Kier molecular flexibility index (Phi) is 5.76. The predicted octanol–water partition coefficient (Wildman–Crippen LogP) is 2.24. The van der Waals surface area contributed by atoms with Crippen LogP contribution < -0.4 is 10.6 Å². The normalized spacial score (nSPS) is 17.5. The van der Waals surface area contributed by atoms with Crippen molar-refractivity contribution >= 4 is 17.2 Å². The molecular formula is C16H22N4O2S. The SMILES string of the molecule is O=C(CCCc1nc(-c2cccs2)no1)NCCC1CCNC1. The number of carbonyl (C=O) groups excluding carboxylic acids is 1. The molecule has 124 valence electrons. The zero-order valence-electron chi connectivity index (χ0n) is 13.1. The summed E-state index contributed by atoms with van der Waals surface area (Å²) < 4.78 is 5.23. The fourth-order valence-corrected chi connectivity index (χ4v) is 3.38. The summed E-state index contributed by atoms with van der Waals surface area (Å²) in [4.78, 5) is 17.2. The first-order valence-electron chi connectivity index (χ1n) is 8.15. The van der Waals surface area contributed by atoms with E-state index in [-0.39, 0.29) is 5.91 Å². The lowest BCUT2D eigenvalue weighted by Crippen LogP contribution is -2.26. The van der Waals surface area contributed by atoms with Crippen LogP contribution in [0.2, 0.25) is 0 Å². The molecule has 0 spiro atoms. The molecule has 0 saturated carbocycles. The van der Waals surface area contributed by atoms with Crippen LogP contribution in [0.5, 0.6) is 0 Å². The topological polar surface area (TPSA) is 80.0 Å². The van der Waals surface area contributed by atoms with Crippen LogP contribution in [0, 0.1) is 5.92 Å². The average molecular weight is 334 g/mol. The van der Waals surface area contributed by atoms with E-state index in [0.717, 1.165) is 37.4 Å². The Bertz CT molecular complexity index is 605. The van der Waals surface area contributed by atoms with E-state index in [9.17, 15) is 4.79 Å². The van der Waals surface area contributed by atoms with Crippen molar-refractivity contribution < 1.29 is 9.32 Å². The maximum Gasteiger partial charge on any atom is 0.226 e. The number of nitrogens with zero attached hydrogens (tertiary/aromatic N) is 2. The number of thiophene rings is 1. The van der Waals surface area contributed by atoms with Crippen molar-refractivity contribution in [3.8, 4) is 10.7 Å². The van der Waals surface area contributed by atoms with Crippen molar-refractivity contribution in [1.82, 2.24) is 20.8 Å². The van der Waals surface area contributed by atoms with Gasteiger partial charge >= 0.3 is 0 Å². The Labute approximate surface area is 139 Å². The number of hydrogen-bond donors (Lipinski definition) is 2. The molecule has 1 atom stereocenters. The minimum absolute atomic E-state index is 0.106. The fourth-order valence-electron chi connectivity index (χ4n) is 2.73. The summed E-state index contributed by atoms with van der Waals surface area (Å²) in [6, 6.07) is 3.93. The van der Waals surface area contributed by atoms with Crippen molar-refractivity contribution in [2.24, 2.45) is 5.92 Å². The Morgan fingerprint density at radius 2 is 2.48 bits per heavy atom. The van der Waals surface area contributed by atoms with E-state index in [1.165, 1.54) is 6.42 Å². The number of nitrogens with one attached hydrogen (secondary N) is 2. The summed E-state index contributed by atoms with van der Waals surface area (Å²) in [6.07, 6.45) is 4.15. The van der Waals surface area contributed by atoms with E-state index in [1.54, 1.807) is 11.3 Å². The monoisotopic (exact) mass is 334 g/mol. The summed E-state index contributed by atoms with van der Waals surface area (Å²) in [5.41, 5.74) is 0. The molecule has 1 aliphatic heterocycles. The summed E-state index contributed by atoms with van der Waals surface area (Å²) >= 11 is 1.58. The van der Waals surface area contributed by atoms with Gasteiger partial charge in [-0.05, 0) is 49.7 Å². The summed E-state index contributed by atoms with van der Waals surface area (Å²) in [7, 11) is 0. The van der Waals surface area contributed by atoms with E-state index in [4.69, 9.17) is 4.52 Å². The van der Waals surface area contributed by atoms with Crippen molar-refractivity contribution in [1.29, 1.82) is 0 Å². The lowest BCUT2D eigenvalue weighted by atomic mass is 10.1. The first kappa shape index (κ1) is 16.1. The molecule has 1 unspecified atom stereocenters. The van der Waals surface area contributed by atoms with Gasteiger partial charge in [0.05, 0.1) is 4.88 Å². The minimum Gasteiger partial charge on any atom is -0.356 e. The third-order valence-corrected chi connectivity index (χ3v) is 4.91. The summed E-state index contributed by atoms with van der Waals surface area (Å²) in [6.45, 7) is 2.96. The third kappa shape index (κ3) is 4.87. The molecule has 1 amide bonds. The molecule has 2 aromatic heterocycles. The molecule has 7 heteroatoms. The van der Waals surface area contributed by atoms with Gasteiger partial charge in [0.2, 0.25) is 17.6 Å². The molecule has 0 aliphatic carbocycles. The summed E-state index contributed by atoms with van der Waals surface area (Å²) in [5, 5.41) is 12.3. The van der Waals surface area contributed by atoms with Gasteiger partial charge in [0, 0.05) is 19.4 Å². The second kappa shape index (κ2) is 8.21. The Balaban J connectivity index is 1.32. The Morgan fingerprint density at radius 1 is 1.52 bits per heavy atom. The molecule has 2 aromatic rings. The second-order valence-electron chi connectivity index (χ2n) is 5.84. The Hall–Kier alpha value is -1.73. The van der Waals surface area contributed by atoms with E-state index in [2.05, 4.69) is 20.8 Å². The molecule has 1 saturated heterocycles. The van der Waals surface area contributed by atoms with Gasteiger partial charge in [0.25, 0.3) is 0 Å². The number of amides is 1. The summed E-state index contributed by atoms with van der Waals surface area (Å²) in [5.74, 6) is 2.04. The van der Waals surface area contributed by atoms with Crippen LogP contribution in [0.25, 0.3) is 10.7 Å². The van der Waals surface area contributed by atoms with Crippen LogP contribution in [0.3, 0.4) is 0 Å². The van der Waals surface area contributed by atoms with E-state index in [0.29, 0.717) is 30.5 Å². The van der Waals surface area contributed by atoms with Crippen LogP contribution in [-0.4, -0.2) is 35.7 Å². The van der Waals surface area contributed by atoms with Crippen LogP contribution in [-0.2, 0) is 11.2 Å². The maximum atomic E-state index is 11.8. The molecule has 23 heavy (non-hydrogen) atoms. The molecule has 1 fully saturated rings. The van der Waals surface area contributed by atoms with E-state index >= 15 is 0 Å². The average Bonchev–Trinajstić information content (AvgIpc) is 3.29. The molecule has 3 rings (SSSR count). The molecule has 6 nitrogen and oxygen atoms in total. The van der Waals surface area contributed by atoms with Crippen molar-refractivity contribution in [3.63, 3.8) is 0 Å². The van der Waals surface area contributed by atoms with Crippen molar-refractivity contribution in [3.05, 3.63) is 23.4 Å². The molecule has 2 N–H and O–H groups in total. The van der Waals surface area contributed by atoms with Crippen LogP contribution in [0.15, 0.2) is 22.0 Å². The largest absolute Gasteiger partial charge is 0.356 e. The fraction of sp³-hybridized carbons (Fsp3) is 0.562. The van der Waals surface area contributed by atoms with Crippen LogP contribution in [0.1, 0.15) is 31.6 Å². The highest BCUT2D eigenvalue weighted by Crippen LogP contribution is 2.21. The zero-order valence-corrected chi connectivity index (χ0v) is 13.9. The smallest absolute Gasteiger partial charge is 0.226 e. The minimum atomic E-state index is 0.106. The number of hydrogen-bond acceptors (Lipinski definition) is 6. The van der Waals surface area contributed by atoms with Crippen LogP contribution in [0.4, 0.5) is 0 Å². The molecule has 3 heterocycles. The lowest BCUT2D eigenvalue weighted by Gasteiger charge is -2.08. The van der Waals surface area contributed by atoms with E-state index in [1.807, 2.05) is 17.5 Å². The standard InChI is InChI=1S/C16H22N4O2S/c21-14(18-9-7-12-6-8-17-11-12)4-1-5-15-19-16(20-22-15)13-3-2-10-23-13/h2-3,10,12,17H,1,4-9,11H2,(H,18,21). The zero-order chi connectivity index (χ0) is 15.9. The highest BCUT2D eigenvalue weighted by molar-refractivity contribution is 7.13. The predicted molar refractivity (Wildman–Crippen MR) is 89.2 cm³/mol. The molecule has 0 aromatic carbocycles. The third-order valence-electron chi connectivity index (χ3n) is 4.04. The van der Waals surface area contributed by atoms with Gasteiger partial charge in [-0.15, -0.1) is 11.3 Å². The van der Waals surface area contributed by atoms with Crippen LogP contribution >= 0.6 is 11.3 Å². The van der Waals surface area contributed by atoms with Crippen molar-refractivity contribution in [2.75, 3.05) is 19.6 Å². The highest BCUT2D eigenvalue weighted by atomic mass is 32.1. The molecule has 1 aliphatic rings. The van der Waals surface area contributed by atoms with Gasteiger partial charge < -0.3 is 15.2 Å². The highest BCUT2D eigenvalue weighted by Gasteiger charge is 2.14. The van der Waals surface area contributed by atoms with E-state index < -0.39 is 0 Å². The second-order valence-corrected chi connectivity index (χ2v) is 6.79.